The van der Waals surface area contributed by atoms with Gasteiger partial charge in [0.1, 0.15) is 6.54 Å². The van der Waals surface area contributed by atoms with Crippen molar-refractivity contribution in [1.82, 2.24) is 5.32 Å². The molecule has 0 radical (unpaired) electrons. The van der Waals surface area contributed by atoms with E-state index in [1.54, 1.807) is 0 Å². The molecule has 0 aliphatic rings. The molecule has 6 heteroatoms. The summed E-state index contributed by atoms with van der Waals surface area (Å²) in [6, 6.07) is 0. The van der Waals surface area contributed by atoms with E-state index >= 15 is 0 Å². The number of hydrogen-bond acceptors (Lipinski definition) is 4. The van der Waals surface area contributed by atoms with Crippen molar-refractivity contribution in [1.29, 1.82) is 0 Å². The monoisotopic (exact) mass is 149 g/mol. The van der Waals surface area contributed by atoms with Crippen LogP contribution in [0.4, 0.5) is 4.79 Å². The summed E-state index contributed by atoms with van der Waals surface area (Å²) in [7, 11) is 0. The lowest BCUT2D eigenvalue weighted by molar-refractivity contribution is -0.135. The molecule has 0 spiro atoms. The second-order valence-corrected chi connectivity index (χ2v) is 1.31. The average Bonchev–Trinajstić information content (AvgIpc) is 1.85. The molecule has 0 aromatic carbocycles. The maximum absolute atomic E-state index is 10.2. The molecular formula is C4H7NO5. The number of carboxylic acid groups (broad SMARTS) is 1. The first kappa shape index (κ1) is 8.70. The van der Waals surface area contributed by atoms with Crippen LogP contribution in [0.2, 0.25) is 0 Å². The van der Waals surface area contributed by atoms with E-state index in [-0.39, 0.29) is 0 Å². The fraction of sp³-hybridized carbons (Fsp3) is 0.500. The van der Waals surface area contributed by atoms with Gasteiger partial charge in [-0.2, -0.15) is 0 Å². The Bertz CT molecular complexity index is 134. The summed E-state index contributed by atoms with van der Waals surface area (Å²) in [5.74, 6) is -1.17. The van der Waals surface area contributed by atoms with Gasteiger partial charge in [-0.15, -0.1) is 0 Å². The van der Waals surface area contributed by atoms with E-state index in [4.69, 9.17) is 10.2 Å². The number of hydrogen-bond donors (Lipinski definition) is 3. The molecule has 1 amide bonds. The van der Waals surface area contributed by atoms with Crippen LogP contribution in [0.25, 0.3) is 0 Å². The molecule has 10 heavy (non-hydrogen) atoms. The highest BCUT2D eigenvalue weighted by Gasteiger charge is 2.01. The second kappa shape index (κ2) is 4.57. The number of alkyl carbamates (subject to hydrolysis) is 1. The van der Waals surface area contributed by atoms with Gasteiger partial charge in [0.05, 0.1) is 0 Å². The Morgan fingerprint density at radius 2 is 2.10 bits per heavy atom. The molecule has 0 bridgehead atoms. The summed E-state index contributed by atoms with van der Waals surface area (Å²) in [5.41, 5.74) is 0. The lowest BCUT2D eigenvalue weighted by Crippen LogP contribution is -2.29. The molecule has 3 N–H and O–H groups in total. The van der Waals surface area contributed by atoms with Crippen LogP contribution in [0.3, 0.4) is 0 Å². The minimum atomic E-state index is -1.17. The van der Waals surface area contributed by atoms with Gasteiger partial charge in [0, 0.05) is 0 Å². The van der Waals surface area contributed by atoms with E-state index in [2.05, 4.69) is 4.74 Å². The molecule has 0 aromatic rings. The number of aliphatic hydroxyl groups excluding tert-OH is 1. The summed E-state index contributed by atoms with van der Waals surface area (Å²) in [4.78, 5) is 20.0. The average molecular weight is 149 g/mol. The molecule has 0 heterocycles. The normalized spacial score (nSPS) is 8.50. The number of carboxylic acids is 1. The van der Waals surface area contributed by atoms with Crippen LogP contribution in [0.15, 0.2) is 0 Å². The lowest BCUT2D eigenvalue weighted by Gasteiger charge is -1.99. The van der Waals surface area contributed by atoms with Crippen LogP contribution >= 0.6 is 0 Å². The maximum atomic E-state index is 10.2. The zero-order valence-corrected chi connectivity index (χ0v) is 5.03. The van der Waals surface area contributed by atoms with Gasteiger partial charge in [-0.05, 0) is 0 Å². The molecule has 0 rings (SSSR count). The highest BCUT2D eigenvalue weighted by molar-refractivity contribution is 5.76. The molecule has 0 unspecified atom stereocenters. The lowest BCUT2D eigenvalue weighted by atomic mass is 10.7. The molecule has 58 valence electrons. The van der Waals surface area contributed by atoms with Crippen LogP contribution in [0.1, 0.15) is 0 Å². The first-order valence-electron chi connectivity index (χ1n) is 2.40. The number of aliphatic carboxylic acids is 1. The van der Waals surface area contributed by atoms with E-state index in [1.807, 2.05) is 5.32 Å². The number of carbonyl (C=O) groups is 2. The van der Waals surface area contributed by atoms with Crippen molar-refractivity contribution in [3.05, 3.63) is 0 Å². The molecule has 0 saturated heterocycles. The molecule has 6 nitrogen and oxygen atoms in total. The van der Waals surface area contributed by atoms with Crippen molar-refractivity contribution >= 4 is 12.1 Å². The zero-order chi connectivity index (χ0) is 7.98. The van der Waals surface area contributed by atoms with Gasteiger partial charge >= 0.3 is 12.1 Å². The van der Waals surface area contributed by atoms with Gasteiger partial charge in [0.25, 0.3) is 0 Å². The molecule has 0 atom stereocenters. The van der Waals surface area contributed by atoms with E-state index in [9.17, 15) is 9.59 Å². The Morgan fingerprint density at radius 1 is 1.50 bits per heavy atom. The Kier molecular flexibility index (Phi) is 3.97. The standard InChI is InChI=1S/C4H7NO5/c6-2-10-4(9)5-1-3(7)8/h6H,1-2H2,(H,5,9)(H,7,8). The third kappa shape index (κ3) is 4.85. The first-order valence-corrected chi connectivity index (χ1v) is 2.40. The second-order valence-electron chi connectivity index (χ2n) is 1.31. The summed E-state index contributed by atoms with van der Waals surface area (Å²) in [6.07, 6.45) is -0.954. The number of amides is 1. The predicted molar refractivity (Wildman–Crippen MR) is 29.2 cm³/mol. The highest BCUT2D eigenvalue weighted by atomic mass is 16.6. The number of ether oxygens (including phenoxy) is 1. The topological polar surface area (TPSA) is 95.9 Å². The summed E-state index contributed by atoms with van der Waals surface area (Å²) in [5, 5.41) is 17.8. The molecule has 0 aromatic heterocycles. The van der Waals surface area contributed by atoms with E-state index in [1.165, 1.54) is 0 Å². The van der Waals surface area contributed by atoms with Crippen LogP contribution < -0.4 is 5.32 Å². The van der Waals surface area contributed by atoms with Crippen molar-refractivity contribution in [2.45, 2.75) is 0 Å². The summed E-state index contributed by atoms with van der Waals surface area (Å²) >= 11 is 0. The van der Waals surface area contributed by atoms with Crippen molar-refractivity contribution in [2.24, 2.45) is 0 Å². The van der Waals surface area contributed by atoms with Gasteiger partial charge in [-0.1, -0.05) is 0 Å². The van der Waals surface area contributed by atoms with Crippen molar-refractivity contribution in [2.75, 3.05) is 13.3 Å². The van der Waals surface area contributed by atoms with E-state index in [0.717, 1.165) is 0 Å². The summed E-state index contributed by atoms with van der Waals surface area (Å²) < 4.78 is 3.93. The van der Waals surface area contributed by atoms with Gasteiger partial charge in [0.2, 0.25) is 0 Å². The van der Waals surface area contributed by atoms with Crippen molar-refractivity contribution < 1.29 is 24.5 Å². The van der Waals surface area contributed by atoms with Gasteiger partial charge in [-0.25, -0.2) is 4.79 Å². The Balaban J connectivity index is 3.30. The third-order valence-corrected chi connectivity index (χ3v) is 0.580. The first-order chi connectivity index (χ1) is 4.66. The van der Waals surface area contributed by atoms with Gasteiger partial charge in [0.15, 0.2) is 6.79 Å². The smallest absolute Gasteiger partial charge is 0.409 e. The Labute approximate surface area is 56.4 Å². The van der Waals surface area contributed by atoms with Gasteiger partial charge < -0.3 is 20.3 Å². The number of carbonyl (C=O) groups excluding carboxylic acids is 1. The fourth-order valence-corrected chi connectivity index (χ4v) is 0.257. The number of aliphatic hydroxyl groups is 1. The molecule has 0 aliphatic carbocycles. The third-order valence-electron chi connectivity index (χ3n) is 0.580. The van der Waals surface area contributed by atoms with E-state index in [0.29, 0.717) is 0 Å². The van der Waals surface area contributed by atoms with Crippen LogP contribution in [0, 0.1) is 0 Å². The Hall–Kier alpha value is -1.30. The fourth-order valence-electron chi connectivity index (χ4n) is 0.257. The quantitative estimate of drug-likeness (QED) is 0.435. The van der Waals surface area contributed by atoms with Crippen molar-refractivity contribution in [3.63, 3.8) is 0 Å². The highest BCUT2D eigenvalue weighted by Crippen LogP contribution is 1.72. The minimum Gasteiger partial charge on any atom is -0.480 e. The zero-order valence-electron chi connectivity index (χ0n) is 5.03. The SMILES string of the molecule is O=C(O)CNC(=O)OCO. The van der Waals surface area contributed by atoms with E-state index < -0.39 is 25.4 Å². The number of rotatable bonds is 3. The molecule has 0 saturated carbocycles. The predicted octanol–water partition coefficient (Wildman–Crippen LogP) is -1.25. The van der Waals surface area contributed by atoms with Crippen LogP contribution in [-0.4, -0.2) is 35.6 Å². The van der Waals surface area contributed by atoms with Crippen molar-refractivity contribution in [3.8, 4) is 0 Å². The summed E-state index contributed by atoms with van der Waals surface area (Å²) in [6.45, 7) is -1.27. The minimum absolute atomic E-state index is 0.515. The number of nitrogens with one attached hydrogen (secondary N) is 1. The maximum Gasteiger partial charge on any atom is 0.409 e. The Morgan fingerprint density at radius 3 is 2.50 bits per heavy atom. The molecular weight excluding hydrogens is 142 g/mol. The largest absolute Gasteiger partial charge is 0.480 e. The molecule has 0 aliphatic heterocycles. The van der Waals surface area contributed by atoms with Crippen LogP contribution in [-0.2, 0) is 9.53 Å². The van der Waals surface area contributed by atoms with Crippen LogP contribution in [0.5, 0.6) is 0 Å². The van der Waals surface area contributed by atoms with Gasteiger partial charge in [-0.3, -0.25) is 4.79 Å². The molecule has 0 fully saturated rings.